The van der Waals surface area contributed by atoms with E-state index >= 15 is 0 Å². The van der Waals surface area contributed by atoms with E-state index in [2.05, 4.69) is 0 Å². The molecule has 0 saturated carbocycles. The molecule has 1 atom stereocenters. The first-order valence-corrected chi connectivity index (χ1v) is 4.03. The average molecular weight is 194 g/mol. The summed E-state index contributed by atoms with van der Waals surface area (Å²) in [5.41, 5.74) is 0.00593. The Morgan fingerprint density at radius 1 is 1.15 bits per heavy atom. The smallest absolute Gasteiger partial charge is 0.193 e. The second kappa shape index (κ2) is 3.52. The van der Waals surface area contributed by atoms with E-state index in [0.29, 0.717) is 0 Å². The Kier molecular flexibility index (Phi) is 2.78. The summed E-state index contributed by atoms with van der Waals surface area (Å²) in [4.78, 5) is 0. The van der Waals surface area contributed by atoms with Crippen molar-refractivity contribution in [2.45, 2.75) is 26.4 Å². The normalized spacial score (nSPS) is 24.7. The van der Waals surface area contributed by atoms with E-state index in [0.717, 1.165) is 0 Å². The van der Waals surface area contributed by atoms with Gasteiger partial charge in [0.2, 0.25) is 0 Å². The van der Waals surface area contributed by atoms with Gasteiger partial charge in [0, 0.05) is 6.42 Å². The Hall–Kier alpha value is -0.800. The number of rotatable bonds is 1. The SMILES string of the molecule is CC(C)C1=C(F)C(F)=C(F)C(F)C1. The quantitative estimate of drug-likeness (QED) is 0.557. The first-order chi connectivity index (χ1) is 5.95. The molecule has 0 aromatic carbocycles. The van der Waals surface area contributed by atoms with Crippen LogP contribution in [0.4, 0.5) is 17.6 Å². The molecule has 0 saturated heterocycles. The first-order valence-electron chi connectivity index (χ1n) is 4.03. The van der Waals surface area contributed by atoms with Crippen molar-refractivity contribution in [2.24, 2.45) is 5.92 Å². The van der Waals surface area contributed by atoms with E-state index in [-0.39, 0.29) is 17.9 Å². The molecule has 13 heavy (non-hydrogen) atoms. The summed E-state index contributed by atoms with van der Waals surface area (Å²) < 4.78 is 50.9. The highest BCUT2D eigenvalue weighted by molar-refractivity contribution is 5.35. The average Bonchev–Trinajstić information content (AvgIpc) is 2.07. The molecule has 1 aliphatic carbocycles. The Morgan fingerprint density at radius 3 is 2.15 bits per heavy atom. The predicted octanol–water partition coefficient (Wildman–Crippen LogP) is 3.76. The number of halogens is 4. The lowest BCUT2D eigenvalue weighted by Gasteiger charge is -2.19. The summed E-state index contributed by atoms with van der Waals surface area (Å²) in [6.45, 7) is 3.22. The van der Waals surface area contributed by atoms with E-state index in [9.17, 15) is 17.6 Å². The summed E-state index contributed by atoms with van der Waals surface area (Å²) in [6, 6.07) is 0. The van der Waals surface area contributed by atoms with Crippen LogP contribution in [-0.2, 0) is 0 Å². The van der Waals surface area contributed by atoms with Crippen LogP contribution in [0.15, 0.2) is 23.1 Å². The summed E-state index contributed by atoms with van der Waals surface area (Å²) in [6.07, 6.45) is -2.42. The summed E-state index contributed by atoms with van der Waals surface area (Å²) in [5.74, 6) is -4.84. The van der Waals surface area contributed by atoms with Crippen molar-refractivity contribution < 1.29 is 17.6 Å². The first kappa shape index (κ1) is 10.3. The van der Waals surface area contributed by atoms with Gasteiger partial charge in [0.1, 0.15) is 0 Å². The molecule has 0 radical (unpaired) electrons. The highest BCUT2D eigenvalue weighted by Crippen LogP contribution is 2.37. The molecule has 0 fully saturated rings. The van der Waals surface area contributed by atoms with Gasteiger partial charge in [0.15, 0.2) is 23.7 Å². The molecule has 1 rings (SSSR count). The van der Waals surface area contributed by atoms with Crippen LogP contribution in [0.2, 0.25) is 0 Å². The van der Waals surface area contributed by atoms with Crippen molar-refractivity contribution in [3.05, 3.63) is 23.1 Å². The zero-order chi connectivity index (χ0) is 10.2. The maximum absolute atomic E-state index is 13.0. The van der Waals surface area contributed by atoms with Crippen molar-refractivity contribution in [3.63, 3.8) is 0 Å². The minimum Gasteiger partial charge on any atom is -0.239 e. The number of allylic oxidation sites excluding steroid dienone is 4. The van der Waals surface area contributed by atoms with Crippen LogP contribution in [0, 0.1) is 5.92 Å². The summed E-state index contributed by atoms with van der Waals surface area (Å²) in [7, 11) is 0. The molecular formula is C9H10F4. The van der Waals surface area contributed by atoms with E-state index in [1.165, 1.54) is 0 Å². The molecule has 1 unspecified atom stereocenters. The zero-order valence-electron chi connectivity index (χ0n) is 7.37. The van der Waals surface area contributed by atoms with Gasteiger partial charge in [-0.15, -0.1) is 0 Å². The third-order valence-electron chi connectivity index (χ3n) is 2.06. The minimum absolute atomic E-state index is 0.00593. The molecule has 0 spiro atoms. The van der Waals surface area contributed by atoms with Gasteiger partial charge in [0.05, 0.1) is 0 Å². The summed E-state index contributed by atoms with van der Waals surface area (Å²) >= 11 is 0. The highest BCUT2D eigenvalue weighted by Gasteiger charge is 2.31. The van der Waals surface area contributed by atoms with Crippen molar-refractivity contribution in [3.8, 4) is 0 Å². The Labute approximate surface area is 73.9 Å². The van der Waals surface area contributed by atoms with Gasteiger partial charge < -0.3 is 0 Å². The predicted molar refractivity (Wildman–Crippen MR) is 41.7 cm³/mol. The lowest BCUT2D eigenvalue weighted by Crippen LogP contribution is -2.14. The molecule has 0 nitrogen and oxygen atoms in total. The molecule has 0 aliphatic heterocycles. The van der Waals surface area contributed by atoms with Gasteiger partial charge in [-0.3, -0.25) is 0 Å². The summed E-state index contributed by atoms with van der Waals surface area (Å²) in [5, 5.41) is 0. The second-order valence-corrected chi connectivity index (χ2v) is 3.33. The molecule has 0 heterocycles. The van der Waals surface area contributed by atoms with Gasteiger partial charge in [-0.2, -0.15) is 0 Å². The van der Waals surface area contributed by atoms with Crippen LogP contribution in [0.5, 0.6) is 0 Å². The highest BCUT2D eigenvalue weighted by atomic mass is 19.2. The molecule has 4 heteroatoms. The van der Waals surface area contributed by atoms with Gasteiger partial charge in [-0.25, -0.2) is 17.6 Å². The third-order valence-corrected chi connectivity index (χ3v) is 2.06. The maximum atomic E-state index is 13.0. The van der Waals surface area contributed by atoms with Crippen LogP contribution in [0.25, 0.3) is 0 Å². The molecule has 1 aliphatic rings. The minimum atomic E-state index is -2.03. The Morgan fingerprint density at radius 2 is 1.69 bits per heavy atom. The monoisotopic (exact) mass is 194 g/mol. The molecule has 74 valence electrons. The fourth-order valence-corrected chi connectivity index (χ4v) is 1.24. The van der Waals surface area contributed by atoms with Crippen LogP contribution >= 0.6 is 0 Å². The number of hydrogen-bond acceptors (Lipinski definition) is 0. The van der Waals surface area contributed by atoms with E-state index in [1.54, 1.807) is 13.8 Å². The molecule has 0 aromatic heterocycles. The van der Waals surface area contributed by atoms with Gasteiger partial charge in [0.25, 0.3) is 0 Å². The Balaban J connectivity index is 3.11. The standard InChI is InChI=1S/C9H10F4/c1-4(2)5-3-6(10)8(12)9(13)7(5)11/h4,6H,3H2,1-2H3. The number of alkyl halides is 1. The molecule has 0 amide bonds. The fourth-order valence-electron chi connectivity index (χ4n) is 1.24. The van der Waals surface area contributed by atoms with Gasteiger partial charge >= 0.3 is 0 Å². The Bertz CT molecular complexity index is 275. The van der Waals surface area contributed by atoms with Gasteiger partial charge in [-0.05, 0) is 11.5 Å². The van der Waals surface area contributed by atoms with Crippen molar-refractivity contribution in [1.82, 2.24) is 0 Å². The topological polar surface area (TPSA) is 0 Å². The fraction of sp³-hybridized carbons (Fsp3) is 0.556. The maximum Gasteiger partial charge on any atom is 0.193 e. The van der Waals surface area contributed by atoms with Crippen LogP contribution in [-0.4, -0.2) is 6.17 Å². The van der Waals surface area contributed by atoms with Crippen molar-refractivity contribution in [1.29, 1.82) is 0 Å². The molecule has 0 aromatic rings. The lowest BCUT2D eigenvalue weighted by molar-refractivity contribution is 0.286. The third kappa shape index (κ3) is 1.76. The van der Waals surface area contributed by atoms with E-state index in [4.69, 9.17) is 0 Å². The molecule has 0 bridgehead atoms. The van der Waals surface area contributed by atoms with E-state index < -0.39 is 23.7 Å². The second-order valence-electron chi connectivity index (χ2n) is 3.33. The van der Waals surface area contributed by atoms with Crippen LogP contribution in [0.1, 0.15) is 20.3 Å². The van der Waals surface area contributed by atoms with Crippen LogP contribution < -0.4 is 0 Å². The molecular weight excluding hydrogens is 184 g/mol. The van der Waals surface area contributed by atoms with E-state index in [1.807, 2.05) is 0 Å². The largest absolute Gasteiger partial charge is 0.239 e. The van der Waals surface area contributed by atoms with Crippen molar-refractivity contribution >= 4 is 0 Å². The lowest BCUT2D eigenvalue weighted by atomic mass is 9.92. The van der Waals surface area contributed by atoms with Crippen molar-refractivity contribution in [2.75, 3.05) is 0 Å². The van der Waals surface area contributed by atoms with Crippen LogP contribution in [0.3, 0.4) is 0 Å². The van der Waals surface area contributed by atoms with Gasteiger partial charge in [-0.1, -0.05) is 13.8 Å². The number of hydrogen-bond donors (Lipinski definition) is 0. The molecule has 0 N–H and O–H groups in total. The zero-order valence-corrected chi connectivity index (χ0v) is 7.37.